The van der Waals surface area contributed by atoms with Crippen LogP contribution in [0.1, 0.15) is 22.6 Å². The van der Waals surface area contributed by atoms with Crippen LogP contribution in [0.15, 0.2) is 91.1 Å². The molecule has 0 aliphatic carbocycles. The van der Waals surface area contributed by atoms with Crippen molar-refractivity contribution in [3.05, 3.63) is 114 Å². The van der Waals surface area contributed by atoms with Crippen LogP contribution in [0.25, 0.3) is 22.6 Å². The van der Waals surface area contributed by atoms with Crippen LogP contribution in [0.2, 0.25) is 0 Å². The molecular weight excluding hydrogens is 428 g/mol. The average Bonchev–Trinajstić information content (AvgIpc) is 3.59. The highest BCUT2D eigenvalue weighted by atomic mass is 16.4. The summed E-state index contributed by atoms with van der Waals surface area (Å²) in [6.07, 6.45) is 2.20. The van der Waals surface area contributed by atoms with Crippen LogP contribution >= 0.6 is 0 Å². The highest BCUT2D eigenvalue weighted by molar-refractivity contribution is 5.81. The number of H-pyrrole nitrogens is 2. The monoisotopic (exact) mass is 449 g/mol. The van der Waals surface area contributed by atoms with Gasteiger partial charge in [0.05, 0.1) is 11.6 Å². The number of nitrogens with one attached hydrogen (secondary N) is 2. The van der Waals surface area contributed by atoms with E-state index in [9.17, 15) is 9.90 Å². The van der Waals surface area contributed by atoms with Crippen LogP contribution in [-0.4, -0.2) is 41.9 Å². The number of tetrazole rings is 1. The molecule has 5 aromatic rings. The summed E-state index contributed by atoms with van der Waals surface area (Å²) in [4.78, 5) is 12.6. The fourth-order valence-corrected chi connectivity index (χ4v) is 4.14. The molecule has 0 spiro atoms. The van der Waals surface area contributed by atoms with Gasteiger partial charge in [0.1, 0.15) is 0 Å². The molecule has 0 saturated carbocycles. The molecule has 5 rings (SSSR count). The average molecular weight is 449 g/mol. The number of nitrogens with zero attached hydrogens (tertiary/aromatic N) is 4. The van der Waals surface area contributed by atoms with Gasteiger partial charge < -0.3 is 5.11 Å². The second-order valence-electron chi connectivity index (χ2n) is 7.87. The Morgan fingerprint density at radius 3 is 2.47 bits per heavy atom. The number of aliphatic carboxylic acids is 1. The van der Waals surface area contributed by atoms with Gasteiger partial charge in [-0.15, -0.1) is 5.10 Å². The number of aromatic nitrogens is 6. The molecule has 0 aliphatic rings. The van der Waals surface area contributed by atoms with E-state index in [-0.39, 0.29) is 0 Å². The number of hydrogen-bond donors (Lipinski definition) is 3. The molecule has 8 nitrogen and oxygen atoms in total. The van der Waals surface area contributed by atoms with Gasteiger partial charge in [-0.2, -0.15) is 5.10 Å². The van der Waals surface area contributed by atoms with Crippen molar-refractivity contribution in [3.63, 3.8) is 0 Å². The first-order valence-electron chi connectivity index (χ1n) is 10.8. The molecule has 3 N–H and O–H groups in total. The van der Waals surface area contributed by atoms with Crippen LogP contribution in [-0.2, 0) is 11.2 Å². The molecule has 8 heteroatoms. The van der Waals surface area contributed by atoms with Gasteiger partial charge in [-0.25, -0.2) is 5.10 Å². The lowest BCUT2D eigenvalue weighted by atomic mass is 9.77. The molecule has 0 saturated heterocycles. The van der Waals surface area contributed by atoms with E-state index in [4.69, 9.17) is 0 Å². The van der Waals surface area contributed by atoms with Crippen molar-refractivity contribution >= 4 is 5.97 Å². The van der Waals surface area contributed by atoms with Gasteiger partial charge in [0.25, 0.3) is 0 Å². The van der Waals surface area contributed by atoms with Crippen LogP contribution in [0.4, 0.5) is 0 Å². The maximum absolute atomic E-state index is 12.6. The van der Waals surface area contributed by atoms with Gasteiger partial charge in [0, 0.05) is 23.2 Å². The molecule has 0 amide bonds. The van der Waals surface area contributed by atoms with Gasteiger partial charge in [0.2, 0.25) is 0 Å². The Morgan fingerprint density at radius 1 is 0.912 bits per heavy atom. The summed E-state index contributed by atoms with van der Waals surface area (Å²) in [6.45, 7) is 0. The summed E-state index contributed by atoms with van der Waals surface area (Å²) in [7, 11) is 0. The quantitative estimate of drug-likeness (QED) is 0.325. The van der Waals surface area contributed by atoms with Crippen LogP contribution in [0.5, 0.6) is 0 Å². The minimum Gasteiger partial charge on any atom is -0.481 e. The zero-order valence-electron chi connectivity index (χ0n) is 18.1. The molecule has 34 heavy (non-hydrogen) atoms. The summed E-state index contributed by atoms with van der Waals surface area (Å²) in [5.74, 6) is -0.376. The van der Waals surface area contributed by atoms with Crippen LogP contribution in [0, 0.1) is 5.92 Å². The van der Waals surface area contributed by atoms with E-state index < -0.39 is 11.9 Å². The van der Waals surface area contributed by atoms with E-state index in [2.05, 4.69) is 30.8 Å². The minimum absolute atomic E-state index is 0.436. The van der Waals surface area contributed by atoms with Crippen molar-refractivity contribution in [2.75, 3.05) is 0 Å². The molecule has 0 fully saturated rings. The third-order valence-electron chi connectivity index (χ3n) is 5.70. The zero-order valence-corrected chi connectivity index (χ0v) is 18.1. The number of rotatable bonds is 8. The summed E-state index contributed by atoms with van der Waals surface area (Å²) in [5, 5.41) is 31.5. The highest BCUT2D eigenvalue weighted by Crippen LogP contribution is 2.37. The Bertz CT molecular complexity index is 1370. The Hall–Kier alpha value is -4.59. The lowest BCUT2D eigenvalue weighted by Gasteiger charge is -2.25. The van der Waals surface area contributed by atoms with Gasteiger partial charge in [-0.3, -0.25) is 9.89 Å². The van der Waals surface area contributed by atoms with Gasteiger partial charge >= 0.3 is 5.97 Å². The smallest absolute Gasteiger partial charge is 0.311 e. The predicted molar refractivity (Wildman–Crippen MR) is 127 cm³/mol. The Labute approximate surface area is 195 Å². The van der Waals surface area contributed by atoms with E-state index >= 15 is 0 Å². The normalized spacial score (nSPS) is 12.0. The van der Waals surface area contributed by atoms with Crippen molar-refractivity contribution in [3.8, 4) is 22.6 Å². The first kappa shape index (κ1) is 21.3. The zero-order chi connectivity index (χ0) is 23.3. The van der Waals surface area contributed by atoms with Crippen LogP contribution in [0.3, 0.4) is 0 Å². The number of hydrogen-bond acceptors (Lipinski definition) is 5. The highest BCUT2D eigenvalue weighted by Gasteiger charge is 2.32. The second kappa shape index (κ2) is 9.50. The molecule has 1 radical (unpaired) electrons. The molecule has 1 unspecified atom stereocenters. The Balaban J connectivity index is 1.59. The fourth-order valence-electron chi connectivity index (χ4n) is 4.14. The van der Waals surface area contributed by atoms with Crippen molar-refractivity contribution in [1.29, 1.82) is 0 Å². The molecular formula is C26H21N6O2. The van der Waals surface area contributed by atoms with Gasteiger partial charge in [0.15, 0.2) is 5.82 Å². The lowest BCUT2D eigenvalue weighted by Crippen LogP contribution is -2.23. The molecule has 3 aromatic carbocycles. The Morgan fingerprint density at radius 2 is 1.74 bits per heavy atom. The Kier molecular flexibility index (Phi) is 5.94. The van der Waals surface area contributed by atoms with Crippen molar-refractivity contribution in [2.45, 2.75) is 12.3 Å². The summed E-state index contributed by atoms with van der Waals surface area (Å²) >= 11 is 0. The van der Waals surface area contributed by atoms with E-state index in [1.807, 2.05) is 84.9 Å². The largest absolute Gasteiger partial charge is 0.481 e. The van der Waals surface area contributed by atoms with Gasteiger partial charge in [-0.05, 0) is 51.7 Å². The topological polar surface area (TPSA) is 120 Å². The predicted octanol–water partition coefficient (Wildman–Crippen LogP) is 4.29. The second-order valence-corrected chi connectivity index (χ2v) is 7.87. The third kappa shape index (κ3) is 4.47. The number of carbonyl (C=O) groups is 1. The summed E-state index contributed by atoms with van der Waals surface area (Å²) in [6, 6.07) is 26.8. The molecule has 2 heterocycles. The first-order valence-corrected chi connectivity index (χ1v) is 10.8. The summed E-state index contributed by atoms with van der Waals surface area (Å²) < 4.78 is 0. The molecule has 2 aromatic heterocycles. The molecule has 0 bridgehead atoms. The van der Waals surface area contributed by atoms with Crippen molar-refractivity contribution in [2.24, 2.45) is 0 Å². The van der Waals surface area contributed by atoms with Crippen LogP contribution < -0.4 is 0 Å². The van der Waals surface area contributed by atoms with Crippen molar-refractivity contribution < 1.29 is 9.90 Å². The third-order valence-corrected chi connectivity index (χ3v) is 5.70. The lowest BCUT2D eigenvalue weighted by molar-refractivity contribution is -0.138. The fraction of sp³-hybridized carbons (Fsp3) is 0.0769. The van der Waals surface area contributed by atoms with E-state index in [0.29, 0.717) is 12.2 Å². The summed E-state index contributed by atoms with van der Waals surface area (Å²) in [5.41, 5.74) is 5.08. The maximum Gasteiger partial charge on any atom is 0.311 e. The van der Waals surface area contributed by atoms with E-state index in [0.717, 1.165) is 39.4 Å². The molecule has 1 atom stereocenters. The number of carboxylic acid groups (broad SMARTS) is 1. The minimum atomic E-state index is -0.901. The standard InChI is InChI=1S/C26H21N6O2/c33-26(34)24(18-7-2-1-3-8-18)22(19-9-5-10-20(16-19)23-12-13-27-28-23)15-17-6-4-11-21(14-17)25-29-31-32-30-25/h1-14,16,24H,15H2,(H,27,28)(H,33,34)(H,29,30,31,32). The van der Waals surface area contributed by atoms with Crippen molar-refractivity contribution in [1.82, 2.24) is 30.8 Å². The van der Waals surface area contributed by atoms with Gasteiger partial charge in [-0.1, -0.05) is 66.7 Å². The molecule has 167 valence electrons. The maximum atomic E-state index is 12.6. The SMILES string of the molecule is O=C(O)C([C](Cc1cccc(-c2nnn[nH]2)c1)c1cccc(-c2cc[nH]n2)c1)c1ccccc1. The van der Waals surface area contributed by atoms with E-state index in [1.165, 1.54) is 0 Å². The number of benzene rings is 3. The number of carboxylic acids is 1. The van der Waals surface area contributed by atoms with E-state index in [1.54, 1.807) is 6.20 Å². The number of aromatic amines is 2. The first-order chi connectivity index (χ1) is 16.7. The molecule has 0 aliphatic heterocycles.